The van der Waals surface area contributed by atoms with Gasteiger partial charge in [-0.2, -0.15) is 0 Å². The van der Waals surface area contributed by atoms with Crippen molar-refractivity contribution in [2.45, 2.75) is 6.42 Å². The fraction of sp³-hybridized carbons (Fsp3) is 0.200. The van der Waals surface area contributed by atoms with Crippen LogP contribution in [0.2, 0.25) is 0 Å². The Kier molecular flexibility index (Phi) is 10.4. The van der Waals surface area contributed by atoms with Crippen molar-refractivity contribution in [3.8, 4) is 0 Å². The summed E-state index contributed by atoms with van der Waals surface area (Å²) >= 11 is 0. The first-order chi connectivity index (χ1) is 15.0. The maximum absolute atomic E-state index is 10.3. The molecular weight excluding hydrogens is 409 g/mol. The van der Waals surface area contributed by atoms with Crippen LogP contribution in [0.25, 0.3) is 0 Å². The van der Waals surface area contributed by atoms with E-state index in [2.05, 4.69) is 95.7 Å². The van der Waals surface area contributed by atoms with Gasteiger partial charge in [-0.25, -0.2) is 4.79 Å². The summed E-state index contributed by atoms with van der Waals surface area (Å²) in [6.45, 7) is 0.866. The van der Waals surface area contributed by atoms with Crippen LogP contribution in [0.5, 0.6) is 0 Å². The molecule has 0 aromatic heterocycles. The highest BCUT2D eigenvalue weighted by molar-refractivity contribution is 7.79. The van der Waals surface area contributed by atoms with E-state index in [-0.39, 0.29) is 6.61 Å². The van der Waals surface area contributed by atoms with E-state index in [1.165, 1.54) is 15.9 Å². The zero-order chi connectivity index (χ0) is 22.5. The Morgan fingerprint density at radius 3 is 1.48 bits per heavy atom. The molecule has 0 bridgehead atoms. The molecule has 0 saturated heterocycles. The molecule has 0 atom stereocenters. The molecule has 0 heterocycles. The minimum atomic E-state index is -1.79. The number of carboxylic acids is 1. The summed E-state index contributed by atoms with van der Waals surface area (Å²) in [5.74, 6) is -3.09. The number of benzene rings is 3. The predicted molar refractivity (Wildman–Crippen MR) is 126 cm³/mol. The molecule has 0 aliphatic rings. The highest BCUT2D eigenvalue weighted by atomic mass is 31.1. The molecule has 0 unspecified atom stereocenters. The molecule has 5 nitrogen and oxygen atoms in total. The Balaban J connectivity index is 0.000000248. The summed E-state index contributed by atoms with van der Waals surface area (Å²) in [4.78, 5) is 22.0. The SMILES string of the molecule is CN(C)CCCOC(=O)C(=O)[O-].c1ccc([PH+](c2ccccc2)c2ccccc2)cc1. The largest absolute Gasteiger partial charge is 0.539 e. The summed E-state index contributed by atoms with van der Waals surface area (Å²) in [7, 11) is 2.87. The van der Waals surface area contributed by atoms with Gasteiger partial charge in [-0.3, -0.25) is 0 Å². The lowest BCUT2D eigenvalue weighted by Crippen LogP contribution is -2.33. The average molecular weight is 437 g/mol. The van der Waals surface area contributed by atoms with E-state index in [9.17, 15) is 14.7 Å². The lowest BCUT2D eigenvalue weighted by Gasteiger charge is -2.10. The smallest absolute Gasteiger partial charge is 0.354 e. The minimum Gasteiger partial charge on any atom is -0.539 e. The van der Waals surface area contributed by atoms with E-state index in [1.54, 1.807) is 0 Å². The van der Waals surface area contributed by atoms with Crippen LogP contribution in [0.1, 0.15) is 6.42 Å². The fourth-order valence-corrected chi connectivity index (χ4v) is 5.50. The zero-order valence-corrected chi connectivity index (χ0v) is 18.9. The lowest BCUT2D eigenvalue weighted by molar-refractivity contribution is -0.303. The second kappa shape index (κ2) is 13.3. The van der Waals surface area contributed by atoms with E-state index in [0.717, 1.165) is 6.54 Å². The molecule has 0 aliphatic heterocycles. The van der Waals surface area contributed by atoms with Gasteiger partial charge in [0, 0.05) is 6.54 Å². The summed E-state index contributed by atoms with van der Waals surface area (Å²) in [5, 5.41) is 14.1. The van der Waals surface area contributed by atoms with Crippen LogP contribution in [0.4, 0.5) is 0 Å². The van der Waals surface area contributed by atoms with E-state index in [1.807, 2.05) is 19.0 Å². The topological polar surface area (TPSA) is 69.7 Å². The Bertz CT molecular complexity index is 824. The van der Waals surface area contributed by atoms with E-state index >= 15 is 0 Å². The number of carbonyl (C=O) groups is 2. The van der Waals surface area contributed by atoms with Crippen LogP contribution in [0, 0.1) is 0 Å². The third kappa shape index (κ3) is 8.71. The minimum absolute atomic E-state index is 0.116. The van der Waals surface area contributed by atoms with E-state index in [4.69, 9.17) is 0 Å². The molecule has 6 heteroatoms. The molecular formula is C25H28NO4P. The summed E-state index contributed by atoms with van der Waals surface area (Å²) in [6, 6.07) is 32.5. The summed E-state index contributed by atoms with van der Waals surface area (Å²) < 4.78 is 4.33. The summed E-state index contributed by atoms with van der Waals surface area (Å²) in [6.07, 6.45) is 0.617. The van der Waals surface area contributed by atoms with Crippen molar-refractivity contribution in [3.63, 3.8) is 0 Å². The normalized spacial score (nSPS) is 10.3. The molecule has 0 saturated carbocycles. The predicted octanol–water partition coefficient (Wildman–Crippen LogP) is 1.41. The lowest BCUT2D eigenvalue weighted by atomic mass is 10.4. The first kappa shape index (κ1) is 24.3. The molecule has 162 valence electrons. The van der Waals surface area contributed by atoms with Crippen LogP contribution in [-0.2, 0) is 14.3 Å². The van der Waals surface area contributed by atoms with Crippen LogP contribution in [0.3, 0.4) is 0 Å². The van der Waals surface area contributed by atoms with Crippen molar-refractivity contribution in [2.24, 2.45) is 0 Å². The molecule has 0 N–H and O–H groups in total. The van der Waals surface area contributed by atoms with Gasteiger partial charge in [0.1, 0.15) is 15.9 Å². The number of rotatable bonds is 7. The standard InChI is InChI=1S/C18H15P.C7H13NO4/c1-4-10-16(11-5-1)19(17-12-6-2-7-13-17)18-14-8-3-9-15-18;1-8(2)4-3-5-12-7(11)6(9)10/h1-15H;3-5H2,1-2H3,(H,9,10). The number of carbonyl (C=O) groups excluding carboxylic acids is 2. The van der Waals surface area contributed by atoms with Gasteiger partial charge in [0.2, 0.25) is 0 Å². The molecule has 0 aliphatic carbocycles. The molecule has 0 radical (unpaired) electrons. The van der Waals surface area contributed by atoms with Gasteiger partial charge in [-0.15, -0.1) is 0 Å². The van der Waals surface area contributed by atoms with Crippen LogP contribution >= 0.6 is 7.92 Å². The Morgan fingerprint density at radius 2 is 1.16 bits per heavy atom. The molecule has 3 aromatic carbocycles. The van der Waals surface area contributed by atoms with Crippen molar-refractivity contribution in [1.29, 1.82) is 0 Å². The number of hydrogen-bond donors (Lipinski definition) is 0. The van der Waals surface area contributed by atoms with Crippen LogP contribution in [0.15, 0.2) is 91.0 Å². The molecule has 3 rings (SSSR count). The third-order valence-electron chi connectivity index (χ3n) is 4.34. The Morgan fingerprint density at radius 1 is 0.774 bits per heavy atom. The van der Waals surface area contributed by atoms with E-state index < -0.39 is 19.9 Å². The number of aliphatic carboxylic acids is 1. The van der Waals surface area contributed by atoms with Gasteiger partial charge in [0.15, 0.2) is 5.97 Å². The van der Waals surface area contributed by atoms with Gasteiger partial charge >= 0.3 is 5.97 Å². The van der Waals surface area contributed by atoms with Gasteiger partial charge in [-0.1, -0.05) is 54.6 Å². The molecule has 0 spiro atoms. The number of carboxylic acid groups (broad SMARTS) is 1. The van der Waals surface area contributed by atoms with Gasteiger partial charge < -0.3 is 19.5 Å². The van der Waals surface area contributed by atoms with Gasteiger partial charge in [0.05, 0.1) is 14.5 Å². The number of hydrogen-bond acceptors (Lipinski definition) is 5. The molecule has 0 fully saturated rings. The Labute approximate surface area is 185 Å². The van der Waals surface area contributed by atoms with Gasteiger partial charge in [-0.05, 0) is 56.9 Å². The number of ether oxygens (including phenoxy) is 1. The quantitative estimate of drug-likeness (QED) is 0.242. The monoisotopic (exact) mass is 437 g/mol. The first-order valence-electron chi connectivity index (χ1n) is 10.0. The van der Waals surface area contributed by atoms with Crippen LogP contribution in [-0.4, -0.2) is 44.1 Å². The van der Waals surface area contributed by atoms with Crippen molar-refractivity contribution in [1.82, 2.24) is 4.90 Å². The number of esters is 1. The van der Waals surface area contributed by atoms with Crippen molar-refractivity contribution < 1.29 is 19.4 Å². The Hall–Kier alpha value is -3.01. The first-order valence-corrected chi connectivity index (χ1v) is 11.5. The molecule has 31 heavy (non-hydrogen) atoms. The molecule has 3 aromatic rings. The second-order valence-electron chi connectivity index (χ2n) is 7.05. The van der Waals surface area contributed by atoms with Gasteiger partial charge in [0.25, 0.3) is 0 Å². The summed E-state index contributed by atoms with van der Waals surface area (Å²) in [5.41, 5.74) is 0. The third-order valence-corrected chi connectivity index (χ3v) is 7.07. The fourth-order valence-electron chi connectivity index (χ4n) is 2.92. The average Bonchev–Trinajstić information content (AvgIpc) is 2.79. The maximum atomic E-state index is 10.3. The van der Waals surface area contributed by atoms with Crippen molar-refractivity contribution in [2.75, 3.05) is 27.2 Å². The van der Waals surface area contributed by atoms with Crippen molar-refractivity contribution in [3.05, 3.63) is 91.0 Å². The maximum Gasteiger partial charge on any atom is 0.354 e. The highest BCUT2D eigenvalue weighted by Crippen LogP contribution is 2.32. The second-order valence-corrected chi connectivity index (χ2v) is 9.54. The number of nitrogens with zero attached hydrogens (tertiary/aromatic N) is 1. The zero-order valence-electron chi connectivity index (χ0n) is 17.9. The van der Waals surface area contributed by atoms with Crippen LogP contribution < -0.4 is 21.0 Å². The highest BCUT2D eigenvalue weighted by Gasteiger charge is 2.24. The molecule has 0 amide bonds. The van der Waals surface area contributed by atoms with Crippen molar-refractivity contribution >= 4 is 35.8 Å². The van der Waals surface area contributed by atoms with E-state index in [0.29, 0.717) is 6.42 Å².